The van der Waals surface area contributed by atoms with Crippen molar-refractivity contribution in [2.45, 2.75) is 4.90 Å². The Kier molecular flexibility index (Phi) is 6.69. The van der Waals surface area contributed by atoms with Crippen LogP contribution in [0, 0.1) is 0 Å². The van der Waals surface area contributed by atoms with Gasteiger partial charge in [-0.3, -0.25) is 0 Å². The van der Waals surface area contributed by atoms with Crippen molar-refractivity contribution >= 4 is 49.7 Å². The van der Waals surface area contributed by atoms with Gasteiger partial charge in [-0.05, 0) is 42.0 Å². The molecule has 0 aliphatic carbocycles. The van der Waals surface area contributed by atoms with E-state index in [1.807, 2.05) is 0 Å². The molecule has 0 heterocycles. The number of benzene rings is 2. The monoisotopic (exact) mass is 460 g/mol. The van der Waals surface area contributed by atoms with Crippen molar-refractivity contribution in [2.24, 2.45) is 0 Å². The molecule has 0 aliphatic rings. The number of carbonyl (C=O) groups excluding carboxylic acids is 1. The molecule has 0 bridgehead atoms. The average molecular weight is 462 g/mol. The lowest BCUT2D eigenvalue weighted by Crippen LogP contribution is -2.11. The van der Waals surface area contributed by atoms with Crippen LogP contribution in [0.2, 0.25) is 5.02 Å². The van der Waals surface area contributed by atoms with Crippen molar-refractivity contribution in [3.8, 4) is 11.5 Å². The maximum atomic E-state index is 12.5. The van der Waals surface area contributed by atoms with Crippen LogP contribution in [0.15, 0.2) is 51.8 Å². The van der Waals surface area contributed by atoms with Gasteiger partial charge in [-0.25, -0.2) is 4.79 Å². The van der Waals surface area contributed by atoms with E-state index in [2.05, 4.69) is 20.7 Å². The lowest BCUT2D eigenvalue weighted by Gasteiger charge is -2.12. The van der Waals surface area contributed by atoms with Gasteiger partial charge >= 0.3 is 16.1 Å². The minimum absolute atomic E-state index is 0.0123. The van der Waals surface area contributed by atoms with Gasteiger partial charge in [-0.2, -0.15) is 8.42 Å². The van der Waals surface area contributed by atoms with Crippen LogP contribution in [0.25, 0.3) is 6.08 Å². The van der Waals surface area contributed by atoms with Crippen molar-refractivity contribution in [1.29, 1.82) is 0 Å². The van der Waals surface area contributed by atoms with Gasteiger partial charge in [0.15, 0.2) is 11.5 Å². The largest absolute Gasteiger partial charge is 0.493 e. The highest BCUT2D eigenvalue weighted by atomic mass is 79.9. The quantitative estimate of drug-likeness (QED) is 0.367. The number of hydrogen-bond acceptors (Lipinski definition) is 6. The summed E-state index contributed by atoms with van der Waals surface area (Å²) in [6.45, 7) is 0. The number of rotatable bonds is 6. The van der Waals surface area contributed by atoms with Gasteiger partial charge in [0.05, 0.1) is 19.2 Å². The van der Waals surface area contributed by atoms with Crippen molar-refractivity contribution in [2.75, 3.05) is 14.2 Å². The van der Waals surface area contributed by atoms with E-state index in [0.29, 0.717) is 10.0 Å². The van der Waals surface area contributed by atoms with Crippen LogP contribution in [-0.4, -0.2) is 28.6 Å². The normalized spacial score (nSPS) is 11.4. The van der Waals surface area contributed by atoms with Gasteiger partial charge in [0.1, 0.15) is 4.90 Å². The molecular formula is C17H14BrClO6S. The average Bonchev–Trinajstić information content (AvgIpc) is 2.59. The van der Waals surface area contributed by atoms with Crippen LogP contribution >= 0.6 is 27.5 Å². The van der Waals surface area contributed by atoms with Gasteiger partial charge in [-0.15, -0.1) is 0 Å². The summed E-state index contributed by atoms with van der Waals surface area (Å²) >= 11 is 9.20. The number of ether oxygens (including phenoxy) is 2. The molecule has 0 unspecified atom stereocenters. The molecule has 6 nitrogen and oxygen atoms in total. The van der Waals surface area contributed by atoms with E-state index in [1.54, 1.807) is 12.1 Å². The van der Waals surface area contributed by atoms with E-state index >= 15 is 0 Å². The minimum Gasteiger partial charge on any atom is -0.493 e. The van der Waals surface area contributed by atoms with Crippen LogP contribution in [0.5, 0.6) is 11.5 Å². The van der Waals surface area contributed by atoms with Crippen LogP contribution in [-0.2, 0) is 19.6 Å². The molecule has 2 aromatic rings. The molecule has 0 saturated carbocycles. The number of methoxy groups -OCH3 is 2. The number of hydrogen-bond donors (Lipinski definition) is 0. The maximum absolute atomic E-state index is 12.5. The zero-order valence-corrected chi connectivity index (χ0v) is 16.9. The van der Waals surface area contributed by atoms with E-state index in [-0.39, 0.29) is 21.4 Å². The number of esters is 1. The van der Waals surface area contributed by atoms with E-state index in [4.69, 9.17) is 20.5 Å². The van der Waals surface area contributed by atoms with E-state index in [1.165, 1.54) is 50.6 Å². The third kappa shape index (κ3) is 5.00. The van der Waals surface area contributed by atoms with Gasteiger partial charge in [0.2, 0.25) is 0 Å². The summed E-state index contributed by atoms with van der Waals surface area (Å²) < 4.78 is 40.5. The Morgan fingerprint density at radius 3 is 2.46 bits per heavy atom. The predicted octanol–water partition coefficient (Wildman–Crippen LogP) is 4.07. The third-order valence-corrected chi connectivity index (χ3v) is 5.38. The second kappa shape index (κ2) is 8.57. The minimum atomic E-state index is -4.16. The lowest BCUT2D eigenvalue weighted by molar-refractivity contribution is -0.134. The molecule has 138 valence electrons. The van der Waals surface area contributed by atoms with Crippen molar-refractivity contribution in [3.05, 3.63) is 57.5 Å². The van der Waals surface area contributed by atoms with Crippen LogP contribution in [0.3, 0.4) is 0 Å². The molecule has 0 aromatic heterocycles. The van der Waals surface area contributed by atoms with Crippen molar-refractivity contribution in [1.82, 2.24) is 0 Å². The zero-order valence-electron chi connectivity index (χ0n) is 13.7. The molecule has 0 fully saturated rings. The highest BCUT2D eigenvalue weighted by Gasteiger charge is 2.22. The summed E-state index contributed by atoms with van der Waals surface area (Å²) in [6, 6.07) is 8.83. The van der Waals surface area contributed by atoms with E-state index in [9.17, 15) is 13.2 Å². The molecule has 0 saturated heterocycles. The topological polar surface area (TPSA) is 78.9 Å². The smallest absolute Gasteiger partial charge is 0.340 e. The Balaban J connectivity index is 2.33. The zero-order chi connectivity index (χ0) is 19.3. The first-order valence-electron chi connectivity index (χ1n) is 7.10. The van der Waals surface area contributed by atoms with Crippen LogP contribution in [0.4, 0.5) is 0 Å². The number of halogens is 2. The Morgan fingerprint density at radius 1 is 1.12 bits per heavy atom. The Hall–Kier alpha value is -2.03. The van der Waals surface area contributed by atoms with Gasteiger partial charge < -0.3 is 13.7 Å². The molecule has 0 atom stereocenters. The molecule has 2 rings (SSSR count). The first-order valence-corrected chi connectivity index (χ1v) is 9.68. The molecular weight excluding hydrogens is 448 g/mol. The summed E-state index contributed by atoms with van der Waals surface area (Å²) in [4.78, 5) is 11.0. The molecule has 2 aromatic carbocycles. The standard InChI is InChI=1S/C17H14BrClO6S/c1-23-15-9-11(4-8-17(20)24-2)3-6-14(15)25-26(21,22)16-7-5-12(18)10-13(16)19/h3-10H,1-2H3/b8-4+. The maximum Gasteiger partial charge on any atom is 0.340 e. The van der Waals surface area contributed by atoms with Crippen LogP contribution < -0.4 is 8.92 Å². The fourth-order valence-electron chi connectivity index (χ4n) is 1.93. The highest BCUT2D eigenvalue weighted by Crippen LogP contribution is 2.33. The summed E-state index contributed by atoms with van der Waals surface area (Å²) in [5, 5.41) is 0.0240. The van der Waals surface area contributed by atoms with E-state index in [0.717, 1.165) is 0 Å². The molecule has 0 N–H and O–H groups in total. The number of carbonyl (C=O) groups is 1. The Morgan fingerprint density at radius 2 is 1.85 bits per heavy atom. The predicted molar refractivity (Wildman–Crippen MR) is 101 cm³/mol. The summed E-state index contributed by atoms with van der Waals surface area (Å²) in [5.41, 5.74) is 0.596. The fourth-order valence-corrected chi connectivity index (χ4v) is 3.88. The second-order valence-electron chi connectivity index (χ2n) is 4.88. The molecule has 0 amide bonds. The lowest BCUT2D eigenvalue weighted by atomic mass is 10.2. The molecule has 0 aliphatic heterocycles. The summed E-state index contributed by atoms with van der Waals surface area (Å²) in [7, 11) is -1.52. The summed E-state index contributed by atoms with van der Waals surface area (Å²) in [5.74, 6) is -0.354. The van der Waals surface area contributed by atoms with Crippen molar-refractivity contribution < 1.29 is 26.9 Å². The van der Waals surface area contributed by atoms with E-state index < -0.39 is 16.1 Å². The molecule has 26 heavy (non-hydrogen) atoms. The first-order chi connectivity index (χ1) is 12.3. The van der Waals surface area contributed by atoms with Gasteiger partial charge in [0.25, 0.3) is 0 Å². The van der Waals surface area contributed by atoms with Crippen LogP contribution in [0.1, 0.15) is 5.56 Å². The first kappa shape index (κ1) is 20.3. The molecule has 0 radical (unpaired) electrons. The third-order valence-electron chi connectivity index (χ3n) is 3.16. The van der Waals surface area contributed by atoms with Crippen molar-refractivity contribution in [3.63, 3.8) is 0 Å². The highest BCUT2D eigenvalue weighted by molar-refractivity contribution is 9.10. The summed E-state index contributed by atoms with van der Waals surface area (Å²) in [6.07, 6.45) is 2.73. The fraction of sp³-hybridized carbons (Fsp3) is 0.118. The SMILES string of the molecule is COC(=O)/C=C/c1ccc(OS(=O)(=O)c2ccc(Br)cc2Cl)c(OC)c1. The second-order valence-corrected chi connectivity index (χ2v) is 7.72. The molecule has 9 heteroatoms. The van der Waals surface area contributed by atoms with Gasteiger partial charge in [-0.1, -0.05) is 33.6 Å². The van der Waals surface area contributed by atoms with Gasteiger partial charge in [0, 0.05) is 10.5 Å². The molecule has 0 spiro atoms. The Labute approximate surface area is 164 Å². The Bertz CT molecular complexity index is 956.